The third-order valence-electron chi connectivity index (χ3n) is 3.19. The number of nitrogens with one attached hydrogen (secondary N) is 1. The number of aromatic hydroxyl groups is 1. The molecule has 1 fully saturated rings. The molecule has 102 valence electrons. The summed E-state index contributed by atoms with van der Waals surface area (Å²) >= 11 is 0. The second-order valence-corrected chi connectivity index (χ2v) is 4.27. The van der Waals surface area contributed by atoms with Gasteiger partial charge in [-0.3, -0.25) is 0 Å². The summed E-state index contributed by atoms with van der Waals surface area (Å²) in [5.74, 6) is 1.53. The van der Waals surface area contributed by atoms with Crippen molar-refractivity contribution in [1.82, 2.24) is 5.32 Å². The van der Waals surface area contributed by atoms with Crippen molar-refractivity contribution < 1.29 is 14.6 Å². The highest BCUT2D eigenvalue weighted by Gasteiger charge is 2.23. The van der Waals surface area contributed by atoms with Crippen molar-refractivity contribution in [3.05, 3.63) is 17.7 Å². The molecule has 2 N–H and O–H groups in total. The molecule has 0 saturated carbocycles. The quantitative estimate of drug-likeness (QED) is 0.889. The van der Waals surface area contributed by atoms with Crippen LogP contribution in [0.3, 0.4) is 0 Å². The molecule has 0 aromatic heterocycles. The van der Waals surface area contributed by atoms with Gasteiger partial charge in [0.05, 0.1) is 19.8 Å². The number of halogens is 1. The second kappa shape index (κ2) is 6.71. The first-order chi connectivity index (χ1) is 8.26. The molecule has 0 amide bonds. The van der Waals surface area contributed by atoms with Gasteiger partial charge in [-0.2, -0.15) is 0 Å². The van der Waals surface area contributed by atoms with Gasteiger partial charge < -0.3 is 19.9 Å². The zero-order valence-corrected chi connectivity index (χ0v) is 11.5. The maximum Gasteiger partial charge on any atom is 0.131 e. The number of piperidine rings is 1. The molecule has 0 aliphatic carbocycles. The fourth-order valence-corrected chi connectivity index (χ4v) is 2.37. The van der Waals surface area contributed by atoms with Crippen LogP contribution in [0, 0.1) is 0 Å². The highest BCUT2D eigenvalue weighted by atomic mass is 35.5. The number of phenols is 1. The minimum atomic E-state index is 0. The molecule has 4 nitrogen and oxygen atoms in total. The number of benzene rings is 1. The van der Waals surface area contributed by atoms with E-state index in [1.54, 1.807) is 26.4 Å². The molecule has 0 radical (unpaired) electrons. The van der Waals surface area contributed by atoms with Gasteiger partial charge in [0.15, 0.2) is 0 Å². The lowest BCUT2D eigenvalue weighted by Gasteiger charge is -2.27. The van der Waals surface area contributed by atoms with Crippen LogP contribution in [0.2, 0.25) is 0 Å². The lowest BCUT2D eigenvalue weighted by Crippen LogP contribution is -2.27. The molecule has 1 aromatic carbocycles. The summed E-state index contributed by atoms with van der Waals surface area (Å²) in [6, 6.07) is 3.51. The first kappa shape index (κ1) is 14.9. The molecule has 0 unspecified atom stereocenters. The first-order valence-electron chi connectivity index (χ1n) is 5.94. The van der Waals surface area contributed by atoms with Gasteiger partial charge in [0.1, 0.15) is 17.2 Å². The van der Waals surface area contributed by atoms with Crippen molar-refractivity contribution in [3.63, 3.8) is 0 Å². The highest BCUT2D eigenvalue weighted by molar-refractivity contribution is 5.85. The van der Waals surface area contributed by atoms with Crippen molar-refractivity contribution in [1.29, 1.82) is 0 Å². The third kappa shape index (κ3) is 3.00. The zero-order chi connectivity index (χ0) is 12.3. The van der Waals surface area contributed by atoms with E-state index >= 15 is 0 Å². The molecule has 1 aromatic rings. The van der Waals surface area contributed by atoms with Crippen molar-refractivity contribution in [3.8, 4) is 17.2 Å². The lowest BCUT2D eigenvalue weighted by molar-refractivity contribution is 0.343. The lowest BCUT2D eigenvalue weighted by atomic mass is 9.95. The van der Waals surface area contributed by atoms with E-state index in [0.29, 0.717) is 11.5 Å². The summed E-state index contributed by atoms with van der Waals surface area (Å²) in [6.45, 7) is 1.01. The van der Waals surface area contributed by atoms with Crippen LogP contribution < -0.4 is 14.8 Å². The molecular weight excluding hydrogens is 254 g/mol. The Hall–Kier alpha value is -1.13. The van der Waals surface area contributed by atoms with E-state index in [-0.39, 0.29) is 24.2 Å². The van der Waals surface area contributed by atoms with Gasteiger partial charge in [-0.05, 0) is 19.4 Å². The van der Waals surface area contributed by atoms with Gasteiger partial charge >= 0.3 is 0 Å². The second-order valence-electron chi connectivity index (χ2n) is 4.27. The van der Waals surface area contributed by atoms with E-state index in [2.05, 4.69) is 5.32 Å². The smallest absolute Gasteiger partial charge is 0.131 e. The van der Waals surface area contributed by atoms with Crippen LogP contribution >= 0.6 is 12.4 Å². The predicted octanol–water partition coefficient (Wildman–Crippen LogP) is 2.65. The van der Waals surface area contributed by atoms with Crippen molar-refractivity contribution >= 4 is 12.4 Å². The molecule has 0 spiro atoms. The van der Waals surface area contributed by atoms with Crippen molar-refractivity contribution in [2.45, 2.75) is 25.3 Å². The zero-order valence-electron chi connectivity index (χ0n) is 10.7. The Bertz CT molecular complexity index is 367. The molecule has 1 aliphatic rings. The largest absolute Gasteiger partial charge is 0.508 e. The molecule has 0 bridgehead atoms. The van der Waals surface area contributed by atoms with Gasteiger partial charge in [0.2, 0.25) is 0 Å². The summed E-state index contributed by atoms with van der Waals surface area (Å²) < 4.78 is 10.7. The molecule has 1 heterocycles. The number of hydrogen-bond donors (Lipinski definition) is 2. The van der Waals surface area contributed by atoms with E-state index < -0.39 is 0 Å². The van der Waals surface area contributed by atoms with Gasteiger partial charge in [0, 0.05) is 18.2 Å². The maximum atomic E-state index is 9.60. The van der Waals surface area contributed by atoms with Crippen LogP contribution in [-0.4, -0.2) is 25.9 Å². The number of hydrogen-bond acceptors (Lipinski definition) is 4. The van der Waals surface area contributed by atoms with Crippen LogP contribution in [0.4, 0.5) is 0 Å². The molecule has 1 atom stereocenters. The fourth-order valence-electron chi connectivity index (χ4n) is 2.37. The van der Waals surface area contributed by atoms with Gasteiger partial charge in [-0.15, -0.1) is 12.4 Å². The molecular formula is C13H20ClNO3. The summed E-state index contributed by atoms with van der Waals surface area (Å²) in [5.41, 5.74) is 1.01. The number of ether oxygens (including phenoxy) is 2. The topological polar surface area (TPSA) is 50.7 Å². The molecule has 1 saturated heterocycles. The number of methoxy groups -OCH3 is 2. The average molecular weight is 274 g/mol. The standard InChI is InChI=1S/C13H19NO3.ClH/c1-16-11-7-9(15)8-12(17-2)13(11)10-5-3-4-6-14-10;/h7-8,10,14-15H,3-6H2,1-2H3;1H/t10-;/m1./s1. The Kier molecular flexibility index (Phi) is 5.56. The SMILES string of the molecule is COc1cc(O)cc(OC)c1[C@H]1CCCCN1.Cl. The monoisotopic (exact) mass is 273 g/mol. The van der Waals surface area contributed by atoms with Gasteiger partial charge in [-0.1, -0.05) is 6.42 Å². The van der Waals surface area contributed by atoms with E-state index in [9.17, 15) is 5.11 Å². The van der Waals surface area contributed by atoms with E-state index in [1.807, 2.05) is 0 Å². The Balaban J connectivity index is 0.00000162. The van der Waals surface area contributed by atoms with E-state index in [4.69, 9.17) is 9.47 Å². The van der Waals surface area contributed by atoms with E-state index in [1.165, 1.54) is 12.8 Å². The van der Waals surface area contributed by atoms with Gasteiger partial charge in [-0.25, -0.2) is 0 Å². The van der Waals surface area contributed by atoms with Crippen LogP contribution in [-0.2, 0) is 0 Å². The highest BCUT2D eigenvalue weighted by Crippen LogP contribution is 2.40. The Morgan fingerprint density at radius 1 is 1.17 bits per heavy atom. The van der Waals surface area contributed by atoms with Crippen molar-refractivity contribution in [2.75, 3.05) is 20.8 Å². The van der Waals surface area contributed by atoms with Crippen LogP contribution in [0.1, 0.15) is 30.9 Å². The predicted molar refractivity (Wildman–Crippen MR) is 73.1 cm³/mol. The average Bonchev–Trinajstić information content (AvgIpc) is 2.38. The van der Waals surface area contributed by atoms with Crippen LogP contribution in [0.15, 0.2) is 12.1 Å². The van der Waals surface area contributed by atoms with Crippen molar-refractivity contribution in [2.24, 2.45) is 0 Å². The van der Waals surface area contributed by atoms with E-state index in [0.717, 1.165) is 18.5 Å². The van der Waals surface area contributed by atoms with Crippen LogP contribution in [0.5, 0.6) is 17.2 Å². The minimum absolute atomic E-state index is 0. The minimum Gasteiger partial charge on any atom is -0.508 e. The Morgan fingerprint density at radius 3 is 2.22 bits per heavy atom. The number of rotatable bonds is 3. The van der Waals surface area contributed by atoms with Gasteiger partial charge in [0.25, 0.3) is 0 Å². The number of phenolic OH excluding ortho intramolecular Hbond substituents is 1. The molecule has 1 aliphatic heterocycles. The molecule has 2 rings (SSSR count). The first-order valence-corrected chi connectivity index (χ1v) is 5.94. The summed E-state index contributed by atoms with van der Waals surface area (Å²) in [6.07, 6.45) is 3.47. The summed E-state index contributed by atoms with van der Waals surface area (Å²) in [5, 5.41) is 13.1. The Morgan fingerprint density at radius 2 is 1.78 bits per heavy atom. The summed E-state index contributed by atoms with van der Waals surface area (Å²) in [4.78, 5) is 0. The third-order valence-corrected chi connectivity index (χ3v) is 3.19. The fraction of sp³-hybridized carbons (Fsp3) is 0.538. The normalized spacial score (nSPS) is 18.9. The maximum absolute atomic E-state index is 9.60. The summed E-state index contributed by atoms with van der Waals surface area (Å²) in [7, 11) is 3.22. The molecule has 5 heteroatoms. The van der Waals surface area contributed by atoms with Crippen LogP contribution in [0.25, 0.3) is 0 Å². The molecule has 18 heavy (non-hydrogen) atoms. The Labute approximate surface area is 114 Å².